The van der Waals surface area contributed by atoms with Crippen molar-refractivity contribution in [2.24, 2.45) is 0 Å². The van der Waals surface area contributed by atoms with Gasteiger partial charge in [-0.3, -0.25) is 0 Å². The summed E-state index contributed by atoms with van der Waals surface area (Å²) in [6, 6.07) is 17.4. The van der Waals surface area contributed by atoms with Crippen molar-refractivity contribution >= 4 is 0 Å². The Labute approximate surface area is 135 Å². The molecule has 2 fully saturated rings. The third-order valence-corrected chi connectivity index (χ3v) is 5.28. The minimum Gasteiger partial charge on any atom is -0.497 e. The van der Waals surface area contributed by atoms with Crippen molar-refractivity contribution in [1.82, 2.24) is 0 Å². The molecule has 2 saturated heterocycles. The molecule has 4 rings (SSSR count). The van der Waals surface area contributed by atoms with Gasteiger partial charge in [-0.05, 0) is 30.2 Å². The molecule has 2 aromatic carbocycles. The molecule has 0 bridgehead atoms. The molecule has 0 amide bonds. The number of rotatable bonds is 3. The second-order valence-corrected chi connectivity index (χ2v) is 6.41. The van der Waals surface area contributed by atoms with E-state index >= 15 is 0 Å². The van der Waals surface area contributed by atoms with Gasteiger partial charge >= 0.3 is 0 Å². The Morgan fingerprint density at radius 2 is 1.65 bits per heavy atom. The van der Waals surface area contributed by atoms with E-state index in [1.165, 1.54) is 0 Å². The average molecular weight is 312 g/mol. The van der Waals surface area contributed by atoms with Crippen LogP contribution in [0.4, 0.5) is 0 Å². The van der Waals surface area contributed by atoms with Crippen LogP contribution in [0.25, 0.3) is 0 Å². The molecule has 0 radical (unpaired) electrons. The fourth-order valence-electron chi connectivity index (χ4n) is 3.78. The van der Waals surface area contributed by atoms with Crippen molar-refractivity contribution in [2.75, 3.05) is 20.3 Å². The predicted molar refractivity (Wildman–Crippen MR) is 85.3 cm³/mol. The van der Waals surface area contributed by atoms with Crippen molar-refractivity contribution < 1.29 is 19.3 Å². The molecular weight excluding hydrogens is 292 g/mol. The lowest BCUT2D eigenvalue weighted by atomic mass is 9.74. The number of epoxide rings is 1. The Bertz CT molecular complexity index is 714. The maximum Gasteiger partial charge on any atom is 0.160 e. The lowest BCUT2D eigenvalue weighted by Gasteiger charge is -2.28. The summed E-state index contributed by atoms with van der Waals surface area (Å²) in [6.07, 6.45) is 0. The van der Waals surface area contributed by atoms with Gasteiger partial charge in [-0.1, -0.05) is 42.5 Å². The molecule has 0 aliphatic carbocycles. The van der Waals surface area contributed by atoms with Crippen LogP contribution >= 0.6 is 0 Å². The lowest BCUT2D eigenvalue weighted by Crippen LogP contribution is -2.45. The van der Waals surface area contributed by atoms with Gasteiger partial charge in [0.25, 0.3) is 0 Å². The molecular formula is C19H20O4. The van der Waals surface area contributed by atoms with Gasteiger partial charge < -0.3 is 19.3 Å². The molecule has 23 heavy (non-hydrogen) atoms. The number of methoxy groups -OCH3 is 1. The van der Waals surface area contributed by atoms with E-state index in [2.05, 4.69) is 0 Å². The molecule has 2 aliphatic heterocycles. The molecule has 0 unspecified atom stereocenters. The first kappa shape index (κ1) is 14.7. The van der Waals surface area contributed by atoms with E-state index in [0.29, 0.717) is 6.61 Å². The molecule has 3 atom stereocenters. The zero-order chi connectivity index (χ0) is 16.1. The highest BCUT2D eigenvalue weighted by Gasteiger charge is 2.80. The average Bonchev–Trinajstić information content (AvgIpc) is 3.08. The lowest BCUT2D eigenvalue weighted by molar-refractivity contribution is -0.0177. The zero-order valence-corrected chi connectivity index (χ0v) is 13.3. The fourth-order valence-corrected chi connectivity index (χ4v) is 3.78. The maximum atomic E-state index is 11.4. The fraction of sp³-hybridized carbons (Fsp3) is 0.368. The van der Waals surface area contributed by atoms with Gasteiger partial charge in [-0.15, -0.1) is 0 Å². The number of ether oxygens (including phenoxy) is 3. The van der Waals surface area contributed by atoms with Crippen LogP contribution in [-0.4, -0.2) is 31.0 Å². The molecule has 0 saturated carbocycles. The Kier molecular flexibility index (Phi) is 3.07. The van der Waals surface area contributed by atoms with Crippen LogP contribution in [0.3, 0.4) is 0 Å². The third-order valence-electron chi connectivity index (χ3n) is 5.28. The summed E-state index contributed by atoms with van der Waals surface area (Å²) < 4.78 is 17.0. The number of hydrogen-bond donors (Lipinski definition) is 1. The number of hydrogen-bond acceptors (Lipinski definition) is 4. The molecule has 120 valence electrons. The molecule has 4 heteroatoms. The standard InChI is InChI=1S/C19H20O4/c1-17(14-8-10-16(21-2)11-9-14)19(23-17)13-22-12-18(19,20)15-6-4-3-5-7-15/h3-11,20H,12-13H2,1-2H3/t17-,18+,19-/m1/s1. The molecule has 4 nitrogen and oxygen atoms in total. The van der Waals surface area contributed by atoms with Crippen LogP contribution in [0.15, 0.2) is 54.6 Å². The predicted octanol–water partition coefficient (Wildman–Crippen LogP) is 2.60. The summed E-state index contributed by atoms with van der Waals surface area (Å²) in [5.41, 5.74) is -0.646. The van der Waals surface area contributed by atoms with Crippen LogP contribution in [0.5, 0.6) is 5.75 Å². The van der Waals surface area contributed by atoms with E-state index in [1.807, 2.05) is 61.5 Å². The Hall–Kier alpha value is -1.88. The van der Waals surface area contributed by atoms with Crippen molar-refractivity contribution in [3.8, 4) is 5.75 Å². The Balaban J connectivity index is 1.74. The first-order valence-electron chi connectivity index (χ1n) is 7.76. The van der Waals surface area contributed by atoms with Crippen LogP contribution < -0.4 is 4.74 Å². The van der Waals surface area contributed by atoms with E-state index in [4.69, 9.17) is 14.2 Å². The molecule has 1 spiro atoms. The molecule has 1 N–H and O–H groups in total. The van der Waals surface area contributed by atoms with Gasteiger partial charge in [0.1, 0.15) is 17.0 Å². The smallest absolute Gasteiger partial charge is 0.160 e. The highest BCUT2D eigenvalue weighted by Crippen LogP contribution is 2.65. The number of benzene rings is 2. The van der Waals surface area contributed by atoms with Crippen molar-refractivity contribution in [3.63, 3.8) is 0 Å². The van der Waals surface area contributed by atoms with E-state index < -0.39 is 16.8 Å². The van der Waals surface area contributed by atoms with Crippen LogP contribution in [-0.2, 0) is 20.7 Å². The van der Waals surface area contributed by atoms with Crippen LogP contribution in [0, 0.1) is 0 Å². The zero-order valence-electron chi connectivity index (χ0n) is 13.3. The van der Waals surface area contributed by atoms with Gasteiger partial charge in [-0.25, -0.2) is 0 Å². The van der Waals surface area contributed by atoms with Gasteiger partial charge in [0.2, 0.25) is 0 Å². The van der Waals surface area contributed by atoms with Crippen molar-refractivity contribution in [2.45, 2.75) is 23.7 Å². The summed E-state index contributed by atoms with van der Waals surface area (Å²) in [6.45, 7) is 2.63. The van der Waals surface area contributed by atoms with Gasteiger partial charge in [0.05, 0.1) is 20.3 Å². The summed E-state index contributed by atoms with van der Waals surface area (Å²) in [4.78, 5) is 0. The molecule has 2 aromatic rings. The third kappa shape index (κ3) is 1.83. The first-order valence-corrected chi connectivity index (χ1v) is 7.76. The second-order valence-electron chi connectivity index (χ2n) is 6.41. The highest BCUT2D eigenvalue weighted by atomic mass is 16.7. The van der Waals surface area contributed by atoms with Crippen molar-refractivity contribution in [1.29, 1.82) is 0 Å². The largest absolute Gasteiger partial charge is 0.497 e. The summed E-state index contributed by atoms with van der Waals surface area (Å²) in [5, 5.41) is 11.4. The van der Waals surface area contributed by atoms with E-state index in [-0.39, 0.29) is 6.61 Å². The quantitative estimate of drug-likeness (QED) is 0.885. The monoisotopic (exact) mass is 312 g/mol. The first-order chi connectivity index (χ1) is 11.1. The minimum absolute atomic E-state index is 0.239. The topological polar surface area (TPSA) is 51.2 Å². The van der Waals surface area contributed by atoms with E-state index in [9.17, 15) is 5.11 Å². The Morgan fingerprint density at radius 3 is 2.30 bits per heavy atom. The molecule has 2 aliphatic rings. The minimum atomic E-state index is -1.15. The summed E-state index contributed by atoms with van der Waals surface area (Å²) >= 11 is 0. The Morgan fingerprint density at radius 1 is 0.957 bits per heavy atom. The van der Waals surface area contributed by atoms with Gasteiger partial charge in [0.15, 0.2) is 5.60 Å². The molecule has 0 aromatic heterocycles. The van der Waals surface area contributed by atoms with E-state index in [0.717, 1.165) is 16.9 Å². The molecule has 2 heterocycles. The SMILES string of the molecule is COc1ccc([C@@]2(C)O[C@]23COC[C@]3(O)c2ccccc2)cc1. The van der Waals surface area contributed by atoms with E-state index in [1.54, 1.807) is 7.11 Å². The highest BCUT2D eigenvalue weighted by molar-refractivity contribution is 5.43. The van der Waals surface area contributed by atoms with Gasteiger partial charge in [-0.2, -0.15) is 0 Å². The van der Waals surface area contributed by atoms with Crippen molar-refractivity contribution in [3.05, 3.63) is 65.7 Å². The second kappa shape index (κ2) is 4.81. The van der Waals surface area contributed by atoms with Crippen LogP contribution in [0.1, 0.15) is 18.1 Å². The maximum absolute atomic E-state index is 11.4. The van der Waals surface area contributed by atoms with Gasteiger partial charge in [0, 0.05) is 0 Å². The summed E-state index contributed by atoms with van der Waals surface area (Å²) in [7, 11) is 1.64. The van der Waals surface area contributed by atoms with Crippen LogP contribution in [0.2, 0.25) is 0 Å². The normalized spacial score (nSPS) is 35.4. The summed E-state index contributed by atoms with van der Waals surface area (Å²) in [5.74, 6) is 0.799. The number of aliphatic hydroxyl groups is 1.